The number of aryl methyl sites for hydroxylation is 2. The second-order valence-electron chi connectivity index (χ2n) is 5.18. The van der Waals surface area contributed by atoms with Crippen LogP contribution in [0.5, 0.6) is 0 Å². The van der Waals surface area contributed by atoms with E-state index in [1.54, 1.807) is 0 Å². The molecule has 1 atom stereocenters. The second-order valence-corrected chi connectivity index (χ2v) is 5.18. The van der Waals surface area contributed by atoms with Crippen molar-refractivity contribution in [2.24, 2.45) is 5.92 Å². The summed E-state index contributed by atoms with van der Waals surface area (Å²) in [6.45, 7) is 10.4. The highest BCUT2D eigenvalue weighted by molar-refractivity contribution is 5.77. The summed E-state index contributed by atoms with van der Waals surface area (Å²) in [5.41, 5.74) is 1.92. The Hall–Kier alpha value is -1.72. The minimum atomic E-state index is -0.00403. The van der Waals surface area contributed by atoms with E-state index in [9.17, 15) is 4.79 Å². The van der Waals surface area contributed by atoms with Gasteiger partial charge in [0.1, 0.15) is 0 Å². The molecular formula is C14H25N5O. The van der Waals surface area contributed by atoms with Crippen LogP contribution in [-0.4, -0.2) is 33.7 Å². The third kappa shape index (κ3) is 4.75. The van der Waals surface area contributed by atoms with E-state index in [1.807, 2.05) is 27.7 Å². The summed E-state index contributed by atoms with van der Waals surface area (Å²) in [6, 6.07) is 0.0525. The van der Waals surface area contributed by atoms with Crippen molar-refractivity contribution in [2.45, 2.75) is 53.5 Å². The van der Waals surface area contributed by atoms with Gasteiger partial charge < -0.3 is 10.6 Å². The number of aromatic nitrogens is 3. The third-order valence-corrected chi connectivity index (χ3v) is 2.99. The molecule has 0 fully saturated rings. The van der Waals surface area contributed by atoms with Crippen molar-refractivity contribution in [3.05, 3.63) is 11.4 Å². The summed E-state index contributed by atoms with van der Waals surface area (Å²) in [5, 5.41) is 14.3. The Kier molecular flexibility index (Phi) is 6.35. The maximum Gasteiger partial charge on any atom is 0.243 e. The van der Waals surface area contributed by atoms with Crippen LogP contribution in [-0.2, 0) is 17.6 Å². The van der Waals surface area contributed by atoms with Gasteiger partial charge in [-0.2, -0.15) is 5.10 Å². The molecule has 0 radical (unpaired) electrons. The highest BCUT2D eigenvalue weighted by atomic mass is 16.1. The summed E-state index contributed by atoms with van der Waals surface area (Å²) in [7, 11) is 0. The Balaban J connectivity index is 2.57. The van der Waals surface area contributed by atoms with Gasteiger partial charge in [-0.05, 0) is 19.8 Å². The Bertz CT molecular complexity index is 447. The van der Waals surface area contributed by atoms with Crippen molar-refractivity contribution in [1.29, 1.82) is 0 Å². The summed E-state index contributed by atoms with van der Waals surface area (Å²) >= 11 is 0. The molecule has 0 spiro atoms. The van der Waals surface area contributed by atoms with Crippen molar-refractivity contribution >= 4 is 11.9 Å². The van der Waals surface area contributed by atoms with E-state index < -0.39 is 0 Å². The van der Waals surface area contributed by atoms with Gasteiger partial charge >= 0.3 is 0 Å². The quantitative estimate of drug-likeness (QED) is 0.792. The number of nitrogens with zero attached hydrogens (tertiary/aromatic N) is 3. The van der Waals surface area contributed by atoms with E-state index in [1.165, 1.54) is 0 Å². The summed E-state index contributed by atoms with van der Waals surface area (Å²) < 4.78 is 0. The van der Waals surface area contributed by atoms with Crippen molar-refractivity contribution < 1.29 is 4.79 Å². The van der Waals surface area contributed by atoms with Crippen LogP contribution in [0.4, 0.5) is 5.95 Å². The van der Waals surface area contributed by atoms with E-state index in [0.717, 1.165) is 24.2 Å². The molecule has 0 saturated carbocycles. The van der Waals surface area contributed by atoms with E-state index in [4.69, 9.17) is 0 Å². The Morgan fingerprint density at radius 1 is 1.10 bits per heavy atom. The molecule has 1 amide bonds. The van der Waals surface area contributed by atoms with Crippen LogP contribution in [0.25, 0.3) is 0 Å². The number of carbonyl (C=O) groups excluding carboxylic acids is 1. The van der Waals surface area contributed by atoms with Crippen LogP contribution in [0.3, 0.4) is 0 Å². The maximum atomic E-state index is 11.5. The normalized spacial score (nSPS) is 12.3. The molecule has 0 aromatic carbocycles. The van der Waals surface area contributed by atoms with E-state index in [2.05, 4.69) is 32.7 Å². The lowest BCUT2D eigenvalue weighted by Gasteiger charge is -2.16. The standard InChI is InChI=1S/C14H25N5O/c1-6-11-12(7-2)18-19-14(17-11)16-10(5)8-15-13(20)9(3)4/h9-10H,6-8H2,1-5H3,(H,15,20)(H,16,17,19)/t10-/m0/s1. The number of carbonyl (C=O) groups is 1. The molecule has 0 aliphatic rings. The molecule has 2 N–H and O–H groups in total. The molecular weight excluding hydrogens is 254 g/mol. The van der Waals surface area contributed by atoms with Crippen LogP contribution in [0, 0.1) is 5.92 Å². The summed E-state index contributed by atoms with van der Waals surface area (Å²) in [6.07, 6.45) is 1.68. The molecule has 112 valence electrons. The largest absolute Gasteiger partial charge is 0.354 e. The van der Waals surface area contributed by atoms with Gasteiger partial charge in [0, 0.05) is 18.5 Å². The fraction of sp³-hybridized carbons (Fsp3) is 0.714. The molecule has 6 nitrogen and oxygen atoms in total. The van der Waals surface area contributed by atoms with Gasteiger partial charge in [0.25, 0.3) is 0 Å². The summed E-state index contributed by atoms with van der Waals surface area (Å²) in [4.78, 5) is 16.0. The smallest absolute Gasteiger partial charge is 0.243 e. The molecule has 1 rings (SSSR count). The highest BCUT2D eigenvalue weighted by Crippen LogP contribution is 2.07. The first-order chi connectivity index (χ1) is 9.47. The topological polar surface area (TPSA) is 79.8 Å². The zero-order valence-corrected chi connectivity index (χ0v) is 13.0. The number of anilines is 1. The monoisotopic (exact) mass is 279 g/mol. The SMILES string of the molecule is CCc1nnc(N[C@@H](C)CNC(=O)C(C)C)nc1CC. The molecule has 20 heavy (non-hydrogen) atoms. The molecule has 1 aromatic heterocycles. The van der Waals surface area contributed by atoms with Crippen molar-refractivity contribution in [1.82, 2.24) is 20.5 Å². The van der Waals surface area contributed by atoms with Crippen LogP contribution in [0.15, 0.2) is 0 Å². The zero-order chi connectivity index (χ0) is 15.1. The van der Waals surface area contributed by atoms with Gasteiger partial charge in [0.15, 0.2) is 0 Å². The molecule has 6 heteroatoms. The molecule has 1 heterocycles. The minimum absolute atomic E-state index is 0.00403. The number of amides is 1. The lowest BCUT2D eigenvalue weighted by Crippen LogP contribution is -2.37. The first kappa shape index (κ1) is 16.3. The zero-order valence-electron chi connectivity index (χ0n) is 13.0. The van der Waals surface area contributed by atoms with Crippen LogP contribution in [0.1, 0.15) is 46.0 Å². The van der Waals surface area contributed by atoms with Crippen LogP contribution < -0.4 is 10.6 Å². The van der Waals surface area contributed by atoms with Crippen molar-refractivity contribution in [3.63, 3.8) is 0 Å². The third-order valence-electron chi connectivity index (χ3n) is 2.99. The molecule has 0 aliphatic heterocycles. The number of hydrogen-bond donors (Lipinski definition) is 2. The maximum absolute atomic E-state index is 11.5. The van der Waals surface area contributed by atoms with E-state index in [0.29, 0.717) is 12.5 Å². The fourth-order valence-corrected chi connectivity index (χ4v) is 1.73. The lowest BCUT2D eigenvalue weighted by molar-refractivity contribution is -0.124. The van der Waals surface area contributed by atoms with Gasteiger partial charge in [0.05, 0.1) is 11.4 Å². The van der Waals surface area contributed by atoms with Crippen LogP contribution >= 0.6 is 0 Å². The molecule has 1 aromatic rings. The number of hydrogen-bond acceptors (Lipinski definition) is 5. The van der Waals surface area contributed by atoms with Gasteiger partial charge in [0.2, 0.25) is 11.9 Å². The number of rotatable bonds is 7. The molecule has 0 unspecified atom stereocenters. The average molecular weight is 279 g/mol. The predicted octanol–water partition coefficient (Wildman–Crippen LogP) is 1.57. The van der Waals surface area contributed by atoms with Crippen molar-refractivity contribution in [2.75, 3.05) is 11.9 Å². The van der Waals surface area contributed by atoms with E-state index in [-0.39, 0.29) is 17.9 Å². The average Bonchev–Trinajstić information content (AvgIpc) is 2.44. The number of nitrogens with one attached hydrogen (secondary N) is 2. The Labute approximate surface area is 120 Å². The Morgan fingerprint density at radius 3 is 2.30 bits per heavy atom. The molecule has 0 aliphatic carbocycles. The van der Waals surface area contributed by atoms with Gasteiger partial charge in [-0.3, -0.25) is 4.79 Å². The lowest BCUT2D eigenvalue weighted by atomic mass is 10.2. The van der Waals surface area contributed by atoms with Crippen molar-refractivity contribution in [3.8, 4) is 0 Å². The van der Waals surface area contributed by atoms with Gasteiger partial charge in [-0.15, -0.1) is 5.10 Å². The minimum Gasteiger partial charge on any atom is -0.354 e. The molecule has 0 bridgehead atoms. The first-order valence-corrected chi connectivity index (χ1v) is 7.24. The van der Waals surface area contributed by atoms with Gasteiger partial charge in [-0.1, -0.05) is 27.7 Å². The molecule has 0 saturated heterocycles. The Morgan fingerprint density at radius 2 is 1.75 bits per heavy atom. The van der Waals surface area contributed by atoms with Crippen LogP contribution in [0.2, 0.25) is 0 Å². The predicted molar refractivity (Wildman–Crippen MR) is 79.5 cm³/mol. The van der Waals surface area contributed by atoms with E-state index >= 15 is 0 Å². The first-order valence-electron chi connectivity index (χ1n) is 7.24. The van der Waals surface area contributed by atoms with Gasteiger partial charge in [-0.25, -0.2) is 4.98 Å². The highest BCUT2D eigenvalue weighted by Gasteiger charge is 2.11. The fourth-order valence-electron chi connectivity index (χ4n) is 1.73. The summed E-state index contributed by atoms with van der Waals surface area (Å²) in [5.74, 6) is 0.564. The second kappa shape index (κ2) is 7.77.